The van der Waals surface area contributed by atoms with E-state index in [4.69, 9.17) is 4.52 Å². The van der Waals surface area contributed by atoms with E-state index >= 15 is 0 Å². The molecule has 1 aliphatic rings. The summed E-state index contributed by atoms with van der Waals surface area (Å²) in [6, 6.07) is 8.53. The molecule has 0 radical (unpaired) electrons. The normalized spacial score (nSPS) is 15.3. The lowest BCUT2D eigenvalue weighted by Crippen LogP contribution is -2.48. The molecule has 0 atom stereocenters. The number of hydrogen-bond acceptors (Lipinski definition) is 8. The average molecular weight is 497 g/mol. The number of aryl methyl sites for hydroxylation is 1. The smallest absolute Gasteiger partial charge is 0.339 e. The van der Waals surface area contributed by atoms with Crippen molar-refractivity contribution in [3.8, 4) is 10.7 Å². The van der Waals surface area contributed by atoms with Gasteiger partial charge in [0.25, 0.3) is 5.91 Å². The number of sulfone groups is 1. The molecule has 0 unspecified atom stereocenters. The van der Waals surface area contributed by atoms with Gasteiger partial charge in [-0.1, -0.05) is 11.2 Å². The van der Waals surface area contributed by atoms with E-state index in [0.717, 1.165) is 30.0 Å². The van der Waals surface area contributed by atoms with Crippen molar-refractivity contribution in [2.24, 2.45) is 0 Å². The number of thiophene rings is 1. The Balaban J connectivity index is 1.23. The Hall–Kier alpha value is -2.70. The summed E-state index contributed by atoms with van der Waals surface area (Å²) in [4.78, 5) is 21.5. The predicted octanol–water partition coefficient (Wildman–Crippen LogP) is 3.19. The zero-order chi connectivity index (χ0) is 23.4. The molecule has 1 saturated heterocycles. The zero-order valence-electron chi connectivity index (χ0n) is 17.6. The third-order valence-corrected chi connectivity index (χ3v) is 7.66. The molecule has 33 heavy (non-hydrogen) atoms. The van der Waals surface area contributed by atoms with Gasteiger partial charge in [0.1, 0.15) is 0 Å². The molecule has 1 aliphatic heterocycles. The fourth-order valence-corrected chi connectivity index (χ4v) is 4.93. The quantitative estimate of drug-likeness (QED) is 0.473. The lowest BCUT2D eigenvalue weighted by molar-refractivity contribution is 0.0635. The van der Waals surface area contributed by atoms with E-state index in [9.17, 15) is 22.0 Å². The number of halogens is 2. The summed E-state index contributed by atoms with van der Waals surface area (Å²) in [6.45, 7) is 3.29. The summed E-state index contributed by atoms with van der Waals surface area (Å²) < 4.78 is 53.7. The van der Waals surface area contributed by atoms with Crippen LogP contribution in [0.1, 0.15) is 22.7 Å². The van der Waals surface area contributed by atoms with E-state index in [-0.39, 0.29) is 11.5 Å². The monoisotopic (exact) mass is 496 g/mol. The Morgan fingerprint density at radius 2 is 1.85 bits per heavy atom. The van der Waals surface area contributed by atoms with Crippen LogP contribution in [0.25, 0.3) is 10.7 Å². The maximum absolute atomic E-state index is 12.7. The first-order valence-corrected chi connectivity index (χ1v) is 12.8. The SMILES string of the molecule is O=C(c1ccc(S(=O)(=O)C(F)F)cc1)N1CCN(CCCc2nc(-c3cccs3)no2)CC1. The van der Waals surface area contributed by atoms with Crippen LogP contribution >= 0.6 is 11.3 Å². The molecule has 1 fully saturated rings. The van der Waals surface area contributed by atoms with E-state index < -0.39 is 20.5 Å². The van der Waals surface area contributed by atoms with Crippen LogP contribution in [0, 0.1) is 0 Å². The number of piperazine rings is 1. The molecule has 4 rings (SSSR count). The van der Waals surface area contributed by atoms with Gasteiger partial charge in [-0.05, 0) is 48.7 Å². The van der Waals surface area contributed by atoms with Crippen molar-refractivity contribution in [3.05, 3.63) is 53.2 Å². The largest absolute Gasteiger partial charge is 0.341 e. The Morgan fingerprint density at radius 1 is 1.12 bits per heavy atom. The van der Waals surface area contributed by atoms with Crippen molar-refractivity contribution < 1.29 is 26.5 Å². The van der Waals surface area contributed by atoms with Crippen LogP contribution in [0.5, 0.6) is 0 Å². The molecule has 0 spiro atoms. The number of carbonyl (C=O) groups is 1. The van der Waals surface area contributed by atoms with Gasteiger partial charge >= 0.3 is 5.76 Å². The summed E-state index contributed by atoms with van der Waals surface area (Å²) in [7, 11) is -4.67. The third-order valence-electron chi connectivity index (χ3n) is 5.40. The average Bonchev–Trinajstić information content (AvgIpc) is 3.51. The summed E-state index contributed by atoms with van der Waals surface area (Å²) in [5.41, 5.74) is 0.273. The third kappa shape index (κ3) is 5.45. The van der Waals surface area contributed by atoms with Crippen molar-refractivity contribution in [1.29, 1.82) is 0 Å². The van der Waals surface area contributed by atoms with E-state index in [1.165, 1.54) is 12.1 Å². The van der Waals surface area contributed by atoms with Crippen LogP contribution in [-0.4, -0.2) is 72.7 Å². The molecule has 2 aromatic heterocycles. The molecule has 0 saturated carbocycles. The lowest BCUT2D eigenvalue weighted by atomic mass is 10.1. The lowest BCUT2D eigenvalue weighted by Gasteiger charge is -2.34. The van der Waals surface area contributed by atoms with Gasteiger partial charge in [-0.25, -0.2) is 8.42 Å². The molecular formula is C21H22F2N4O4S2. The van der Waals surface area contributed by atoms with E-state index in [1.54, 1.807) is 16.2 Å². The van der Waals surface area contributed by atoms with Gasteiger partial charge in [-0.2, -0.15) is 13.8 Å². The van der Waals surface area contributed by atoms with Gasteiger partial charge in [-0.3, -0.25) is 9.69 Å². The minimum absolute atomic E-state index is 0.248. The molecule has 1 aromatic carbocycles. The topological polar surface area (TPSA) is 96.6 Å². The second-order valence-electron chi connectivity index (χ2n) is 7.56. The van der Waals surface area contributed by atoms with E-state index in [2.05, 4.69) is 15.0 Å². The highest BCUT2D eigenvalue weighted by molar-refractivity contribution is 7.91. The summed E-state index contributed by atoms with van der Waals surface area (Å²) >= 11 is 1.56. The Morgan fingerprint density at radius 3 is 2.48 bits per heavy atom. The molecule has 3 aromatic rings. The maximum atomic E-state index is 12.7. The molecular weight excluding hydrogens is 474 g/mol. The fourth-order valence-electron chi connectivity index (χ4n) is 3.56. The molecule has 3 heterocycles. The highest BCUT2D eigenvalue weighted by Crippen LogP contribution is 2.22. The van der Waals surface area contributed by atoms with Crippen LogP contribution in [0.3, 0.4) is 0 Å². The fraction of sp³-hybridized carbons (Fsp3) is 0.381. The molecule has 0 aliphatic carbocycles. The molecule has 0 bridgehead atoms. The number of alkyl halides is 2. The Labute approximate surface area is 193 Å². The molecule has 8 nitrogen and oxygen atoms in total. The van der Waals surface area contributed by atoms with Gasteiger partial charge in [0.2, 0.25) is 21.6 Å². The molecule has 0 N–H and O–H groups in total. The minimum Gasteiger partial charge on any atom is -0.339 e. The number of nitrogens with zero attached hydrogens (tertiary/aromatic N) is 4. The van der Waals surface area contributed by atoms with Crippen molar-refractivity contribution >= 4 is 27.1 Å². The first-order valence-electron chi connectivity index (χ1n) is 10.3. The number of benzene rings is 1. The summed E-state index contributed by atoms with van der Waals surface area (Å²) in [5.74, 6) is -2.53. The van der Waals surface area contributed by atoms with Gasteiger partial charge in [0.05, 0.1) is 9.77 Å². The van der Waals surface area contributed by atoms with Crippen LogP contribution in [0.2, 0.25) is 0 Å². The van der Waals surface area contributed by atoms with E-state index in [1.807, 2.05) is 17.5 Å². The Kier molecular flexibility index (Phi) is 7.15. The van der Waals surface area contributed by atoms with Gasteiger partial charge < -0.3 is 9.42 Å². The first-order chi connectivity index (χ1) is 15.8. The highest BCUT2D eigenvalue weighted by atomic mass is 32.2. The van der Waals surface area contributed by atoms with Gasteiger partial charge in [0.15, 0.2) is 0 Å². The number of amides is 1. The van der Waals surface area contributed by atoms with Gasteiger partial charge in [0, 0.05) is 38.2 Å². The van der Waals surface area contributed by atoms with Crippen molar-refractivity contribution in [1.82, 2.24) is 19.9 Å². The maximum Gasteiger partial charge on any atom is 0.341 e. The second kappa shape index (κ2) is 10.1. The number of hydrogen-bond donors (Lipinski definition) is 0. The van der Waals surface area contributed by atoms with Crippen molar-refractivity contribution in [3.63, 3.8) is 0 Å². The minimum atomic E-state index is -4.67. The first kappa shape index (κ1) is 23.5. The van der Waals surface area contributed by atoms with Crippen molar-refractivity contribution in [2.75, 3.05) is 32.7 Å². The number of carbonyl (C=O) groups excluding carboxylic acids is 1. The van der Waals surface area contributed by atoms with Crippen LogP contribution in [-0.2, 0) is 16.3 Å². The van der Waals surface area contributed by atoms with Gasteiger partial charge in [-0.15, -0.1) is 11.3 Å². The summed E-state index contributed by atoms with van der Waals surface area (Å²) in [5, 5.41) is 5.97. The predicted molar refractivity (Wildman–Crippen MR) is 118 cm³/mol. The van der Waals surface area contributed by atoms with Crippen LogP contribution in [0.4, 0.5) is 8.78 Å². The molecule has 12 heteroatoms. The highest BCUT2D eigenvalue weighted by Gasteiger charge is 2.27. The molecule has 1 amide bonds. The number of aromatic nitrogens is 2. The van der Waals surface area contributed by atoms with Crippen LogP contribution < -0.4 is 0 Å². The number of rotatable bonds is 8. The zero-order valence-corrected chi connectivity index (χ0v) is 19.2. The van der Waals surface area contributed by atoms with E-state index in [0.29, 0.717) is 44.3 Å². The Bertz CT molecular complexity index is 1170. The second-order valence-corrected chi connectivity index (χ2v) is 10.4. The van der Waals surface area contributed by atoms with Crippen LogP contribution in [0.15, 0.2) is 51.2 Å². The molecule has 176 valence electrons. The summed E-state index contributed by atoms with van der Waals surface area (Å²) in [6.07, 6.45) is 1.52. The van der Waals surface area contributed by atoms with Crippen molar-refractivity contribution in [2.45, 2.75) is 23.5 Å². The standard InChI is InChI=1S/C21H22F2N4O4S2/c22-21(23)33(29,30)16-7-5-15(6-8-16)20(28)27-12-10-26(11-13-27)9-1-4-18-24-19(25-31-18)17-3-2-14-32-17/h2-3,5-8,14,21H,1,4,9-13H2.